The Bertz CT molecular complexity index is 499. The molecule has 0 radical (unpaired) electrons. The van der Waals surface area contributed by atoms with Crippen molar-refractivity contribution in [3.8, 4) is 0 Å². The second-order valence-electron chi connectivity index (χ2n) is 4.97. The van der Waals surface area contributed by atoms with E-state index < -0.39 is 0 Å². The van der Waals surface area contributed by atoms with E-state index >= 15 is 0 Å². The van der Waals surface area contributed by atoms with E-state index in [9.17, 15) is 9.59 Å². The van der Waals surface area contributed by atoms with Crippen LogP contribution in [0, 0.1) is 5.92 Å². The Kier molecular flexibility index (Phi) is 5.71. The van der Waals surface area contributed by atoms with Crippen LogP contribution >= 0.6 is 0 Å². The molecule has 0 spiro atoms. The lowest BCUT2D eigenvalue weighted by Crippen LogP contribution is -2.29. The molecule has 6 heteroatoms. The van der Waals surface area contributed by atoms with Crippen LogP contribution in [0.1, 0.15) is 16.8 Å². The molecular formula is C15H21N3O3. The van der Waals surface area contributed by atoms with E-state index in [-0.39, 0.29) is 17.7 Å². The highest BCUT2D eigenvalue weighted by Crippen LogP contribution is 2.17. The first-order valence-corrected chi connectivity index (χ1v) is 7.10. The number of benzene rings is 1. The van der Waals surface area contributed by atoms with E-state index in [4.69, 9.17) is 4.74 Å². The van der Waals surface area contributed by atoms with Crippen molar-refractivity contribution < 1.29 is 14.3 Å². The van der Waals surface area contributed by atoms with Crippen molar-refractivity contribution in [2.45, 2.75) is 6.42 Å². The third kappa shape index (κ3) is 4.27. The lowest BCUT2D eigenvalue weighted by Gasteiger charge is -2.13. The van der Waals surface area contributed by atoms with Crippen LogP contribution in [0.3, 0.4) is 0 Å². The summed E-state index contributed by atoms with van der Waals surface area (Å²) in [4.78, 5) is 24.3. The number of hydrogen-bond donors (Lipinski definition) is 3. The summed E-state index contributed by atoms with van der Waals surface area (Å²) in [7, 11) is 1.58. The molecule has 0 bridgehead atoms. The first-order chi connectivity index (χ1) is 10.2. The van der Waals surface area contributed by atoms with Gasteiger partial charge in [0.1, 0.15) is 0 Å². The summed E-state index contributed by atoms with van der Waals surface area (Å²) in [6, 6.07) is 7.02. The number of ether oxygens (including phenoxy) is 1. The Hall–Kier alpha value is -1.92. The first kappa shape index (κ1) is 15.5. The Morgan fingerprint density at radius 1 is 1.38 bits per heavy atom. The zero-order valence-electron chi connectivity index (χ0n) is 12.1. The summed E-state index contributed by atoms with van der Waals surface area (Å²) in [5, 5.41) is 8.76. The standard InChI is InChI=1S/C15H21N3O3/c1-21-9-8-17-15(20)12-4-2-3-5-13(12)18-14(19)11-6-7-16-10-11/h2-5,11,16H,6-10H2,1H3,(H,17,20)(H,18,19). The first-order valence-electron chi connectivity index (χ1n) is 7.10. The van der Waals surface area contributed by atoms with Gasteiger partial charge >= 0.3 is 0 Å². The van der Waals surface area contributed by atoms with Gasteiger partial charge in [-0.25, -0.2) is 0 Å². The Labute approximate surface area is 124 Å². The van der Waals surface area contributed by atoms with Gasteiger partial charge in [0.2, 0.25) is 5.91 Å². The minimum absolute atomic E-state index is 0.0328. The summed E-state index contributed by atoms with van der Waals surface area (Å²) in [5.74, 6) is -0.292. The number of nitrogens with one attached hydrogen (secondary N) is 3. The van der Waals surface area contributed by atoms with Gasteiger partial charge in [-0.2, -0.15) is 0 Å². The molecule has 1 heterocycles. The van der Waals surface area contributed by atoms with Gasteiger partial charge in [-0.3, -0.25) is 9.59 Å². The largest absolute Gasteiger partial charge is 0.383 e. The fraction of sp³-hybridized carbons (Fsp3) is 0.467. The quantitative estimate of drug-likeness (QED) is 0.671. The fourth-order valence-electron chi connectivity index (χ4n) is 2.27. The molecule has 2 amide bonds. The Morgan fingerprint density at radius 3 is 2.90 bits per heavy atom. The number of amides is 2. The molecule has 1 fully saturated rings. The second-order valence-corrected chi connectivity index (χ2v) is 4.97. The average Bonchev–Trinajstić information content (AvgIpc) is 3.02. The van der Waals surface area contributed by atoms with Crippen LogP contribution in [0.2, 0.25) is 0 Å². The molecule has 1 atom stereocenters. The van der Waals surface area contributed by atoms with Crippen LogP contribution in [0.15, 0.2) is 24.3 Å². The molecule has 1 aliphatic rings. The number of rotatable bonds is 6. The minimum atomic E-state index is -0.215. The highest BCUT2D eigenvalue weighted by atomic mass is 16.5. The summed E-state index contributed by atoms with van der Waals surface area (Å²) in [6.07, 6.45) is 0.827. The van der Waals surface area contributed by atoms with Crippen LogP contribution in [0.25, 0.3) is 0 Å². The van der Waals surface area contributed by atoms with Crippen molar-refractivity contribution in [2.24, 2.45) is 5.92 Å². The number of carbonyl (C=O) groups is 2. The van der Waals surface area contributed by atoms with Crippen LogP contribution in [-0.2, 0) is 9.53 Å². The molecule has 114 valence electrons. The predicted octanol–water partition coefficient (Wildman–Crippen LogP) is 0.611. The van der Waals surface area contributed by atoms with Crippen molar-refractivity contribution in [3.05, 3.63) is 29.8 Å². The monoisotopic (exact) mass is 291 g/mol. The third-order valence-corrected chi connectivity index (χ3v) is 3.45. The highest BCUT2D eigenvalue weighted by molar-refractivity contribution is 6.04. The molecule has 0 saturated carbocycles. The lowest BCUT2D eigenvalue weighted by atomic mass is 10.1. The molecule has 21 heavy (non-hydrogen) atoms. The number of methoxy groups -OCH3 is 1. The average molecular weight is 291 g/mol. The van der Waals surface area contributed by atoms with Crippen LogP contribution in [0.5, 0.6) is 0 Å². The van der Waals surface area contributed by atoms with Crippen LogP contribution in [-0.4, -0.2) is 45.2 Å². The van der Waals surface area contributed by atoms with Gasteiger partial charge in [-0.15, -0.1) is 0 Å². The number of carbonyl (C=O) groups excluding carboxylic acids is 2. The van der Waals surface area contributed by atoms with Crippen molar-refractivity contribution in [1.29, 1.82) is 0 Å². The van der Waals surface area contributed by atoms with E-state index in [0.717, 1.165) is 13.0 Å². The van der Waals surface area contributed by atoms with Gasteiger partial charge in [0, 0.05) is 20.2 Å². The second kappa shape index (κ2) is 7.75. The summed E-state index contributed by atoms with van der Waals surface area (Å²) in [5.41, 5.74) is 1.01. The SMILES string of the molecule is COCCNC(=O)c1ccccc1NC(=O)C1CCNC1. The van der Waals surface area contributed by atoms with Crippen molar-refractivity contribution >= 4 is 17.5 Å². The van der Waals surface area contributed by atoms with Gasteiger partial charge in [-0.05, 0) is 25.1 Å². The molecule has 6 nitrogen and oxygen atoms in total. The maximum atomic E-state index is 12.1. The zero-order chi connectivity index (χ0) is 15.1. The molecule has 1 aromatic carbocycles. The third-order valence-electron chi connectivity index (χ3n) is 3.45. The molecule has 3 N–H and O–H groups in total. The van der Waals surface area contributed by atoms with Gasteiger partial charge in [-0.1, -0.05) is 12.1 Å². The predicted molar refractivity (Wildman–Crippen MR) is 80.3 cm³/mol. The van der Waals surface area contributed by atoms with E-state index in [0.29, 0.717) is 30.9 Å². The van der Waals surface area contributed by atoms with Crippen LogP contribution in [0.4, 0.5) is 5.69 Å². The van der Waals surface area contributed by atoms with Gasteiger partial charge < -0.3 is 20.7 Å². The Morgan fingerprint density at radius 2 is 2.19 bits per heavy atom. The molecule has 1 aliphatic heterocycles. The van der Waals surface area contributed by atoms with Crippen LogP contribution < -0.4 is 16.0 Å². The summed E-state index contributed by atoms with van der Waals surface area (Å²) >= 11 is 0. The number of para-hydroxylation sites is 1. The van der Waals surface area contributed by atoms with Crippen molar-refractivity contribution in [2.75, 3.05) is 38.7 Å². The normalized spacial score (nSPS) is 17.5. The Balaban J connectivity index is 2.02. The van der Waals surface area contributed by atoms with Gasteiger partial charge in [0.05, 0.1) is 23.8 Å². The molecular weight excluding hydrogens is 270 g/mol. The molecule has 0 aromatic heterocycles. The van der Waals surface area contributed by atoms with Crippen molar-refractivity contribution in [1.82, 2.24) is 10.6 Å². The summed E-state index contributed by atoms with van der Waals surface area (Å²) < 4.78 is 4.90. The van der Waals surface area contributed by atoms with E-state index in [1.165, 1.54) is 0 Å². The van der Waals surface area contributed by atoms with Gasteiger partial charge in [0.15, 0.2) is 0 Å². The maximum Gasteiger partial charge on any atom is 0.253 e. The molecule has 0 aliphatic carbocycles. The zero-order valence-corrected chi connectivity index (χ0v) is 12.1. The molecule has 1 aromatic rings. The topological polar surface area (TPSA) is 79.5 Å². The van der Waals surface area contributed by atoms with E-state index in [1.807, 2.05) is 0 Å². The van der Waals surface area contributed by atoms with Gasteiger partial charge in [0.25, 0.3) is 5.91 Å². The van der Waals surface area contributed by atoms with Crippen molar-refractivity contribution in [3.63, 3.8) is 0 Å². The summed E-state index contributed by atoms with van der Waals surface area (Å²) in [6.45, 7) is 2.43. The minimum Gasteiger partial charge on any atom is -0.383 e. The highest BCUT2D eigenvalue weighted by Gasteiger charge is 2.23. The smallest absolute Gasteiger partial charge is 0.253 e. The van der Waals surface area contributed by atoms with E-state index in [2.05, 4.69) is 16.0 Å². The molecule has 1 unspecified atom stereocenters. The number of anilines is 1. The number of hydrogen-bond acceptors (Lipinski definition) is 4. The molecule has 1 saturated heterocycles. The fourth-order valence-corrected chi connectivity index (χ4v) is 2.27. The maximum absolute atomic E-state index is 12.1. The van der Waals surface area contributed by atoms with E-state index in [1.54, 1.807) is 31.4 Å². The molecule has 2 rings (SSSR count). The lowest BCUT2D eigenvalue weighted by molar-refractivity contribution is -0.119.